The summed E-state index contributed by atoms with van der Waals surface area (Å²) in [6.07, 6.45) is -0.263. The second-order valence-corrected chi connectivity index (χ2v) is 6.79. The molecule has 0 saturated carbocycles. The number of hydrazine groups is 1. The maximum absolute atomic E-state index is 5.51. The number of anilines is 2. The predicted octanol–water partition coefficient (Wildman–Crippen LogP) is 1.82. The lowest BCUT2D eigenvalue weighted by Crippen LogP contribution is -2.39. The fraction of sp³-hybridized carbons (Fsp3) is 0.421. The van der Waals surface area contributed by atoms with Gasteiger partial charge in [0, 0.05) is 24.2 Å². The Balaban J connectivity index is 1.76. The largest absolute Gasteiger partial charge is 0.378 e. The lowest BCUT2D eigenvalue weighted by Gasteiger charge is -2.30. The zero-order chi connectivity index (χ0) is 18.8. The Hall–Kier alpha value is -2.71. The fourth-order valence-corrected chi connectivity index (χ4v) is 3.30. The quantitative estimate of drug-likeness (QED) is 0.760. The van der Waals surface area contributed by atoms with Gasteiger partial charge in [-0.15, -0.1) is 0 Å². The highest BCUT2D eigenvalue weighted by Crippen LogP contribution is 2.30. The Labute approximate surface area is 159 Å². The van der Waals surface area contributed by atoms with Gasteiger partial charge in [0.05, 0.1) is 13.2 Å². The molecule has 3 N–H and O–H groups in total. The predicted molar refractivity (Wildman–Crippen MR) is 107 cm³/mol. The van der Waals surface area contributed by atoms with Gasteiger partial charge in [-0.05, 0) is 26.3 Å². The van der Waals surface area contributed by atoms with E-state index >= 15 is 0 Å². The Morgan fingerprint density at radius 1 is 1.11 bits per heavy atom. The minimum absolute atomic E-state index is 0.263. The van der Waals surface area contributed by atoms with E-state index in [1.54, 1.807) is 0 Å². The smallest absolute Gasteiger partial charge is 0.193 e. The molecule has 0 spiro atoms. The molecule has 27 heavy (non-hydrogen) atoms. The zero-order valence-electron chi connectivity index (χ0n) is 15.9. The highest BCUT2D eigenvalue weighted by atomic mass is 16.5. The Morgan fingerprint density at radius 3 is 2.59 bits per heavy atom. The van der Waals surface area contributed by atoms with E-state index in [0.717, 1.165) is 47.3 Å². The molecule has 0 bridgehead atoms. The van der Waals surface area contributed by atoms with E-state index in [1.807, 2.05) is 26.0 Å². The van der Waals surface area contributed by atoms with Crippen LogP contribution < -0.4 is 21.1 Å². The number of hydrogen-bond donors (Lipinski definition) is 3. The monoisotopic (exact) mass is 367 g/mol. The van der Waals surface area contributed by atoms with Gasteiger partial charge < -0.3 is 20.4 Å². The van der Waals surface area contributed by atoms with Gasteiger partial charge in [0.25, 0.3) is 0 Å². The second kappa shape index (κ2) is 7.50. The van der Waals surface area contributed by atoms with E-state index in [-0.39, 0.29) is 6.29 Å². The van der Waals surface area contributed by atoms with Crippen molar-refractivity contribution >= 4 is 17.5 Å². The molecule has 0 radical (unpaired) electrons. The number of hydrogen-bond acceptors (Lipinski definition) is 8. The van der Waals surface area contributed by atoms with Crippen LogP contribution in [0.15, 0.2) is 29.3 Å². The standard InChI is InChI=1S/C19H25N7O/c1-12-6-4-5-7-15(12)17-21-16(23-19-20-14(3)24-25-19)13(2)18(22-17)26-8-10-27-11-9-26/h4-7,19,25H,8-11H2,1-3H3,(H,20,24)(H,21,22,23). The van der Waals surface area contributed by atoms with E-state index < -0.39 is 0 Å². The van der Waals surface area contributed by atoms with Crippen LogP contribution in [0, 0.1) is 13.8 Å². The number of ether oxygens (including phenoxy) is 1. The molecule has 1 saturated heterocycles. The van der Waals surface area contributed by atoms with Crippen LogP contribution in [-0.2, 0) is 4.74 Å². The molecule has 2 aliphatic rings. The minimum Gasteiger partial charge on any atom is -0.378 e. The average molecular weight is 367 g/mol. The first-order valence-corrected chi connectivity index (χ1v) is 9.21. The summed E-state index contributed by atoms with van der Waals surface area (Å²) < 4.78 is 5.51. The third kappa shape index (κ3) is 3.72. The van der Waals surface area contributed by atoms with Gasteiger partial charge in [-0.2, -0.15) is 5.43 Å². The summed E-state index contributed by atoms with van der Waals surface area (Å²) in [4.78, 5) is 16.5. The number of aryl methyl sites for hydroxylation is 1. The van der Waals surface area contributed by atoms with Gasteiger partial charge in [0.15, 0.2) is 12.1 Å². The van der Waals surface area contributed by atoms with Gasteiger partial charge in [-0.25, -0.2) is 15.0 Å². The lowest BCUT2D eigenvalue weighted by molar-refractivity contribution is 0.122. The number of morpholine rings is 1. The van der Waals surface area contributed by atoms with E-state index in [2.05, 4.69) is 45.1 Å². The summed E-state index contributed by atoms with van der Waals surface area (Å²) >= 11 is 0. The maximum Gasteiger partial charge on any atom is 0.193 e. The summed E-state index contributed by atoms with van der Waals surface area (Å²) in [5.41, 5.74) is 9.30. The third-order valence-electron chi connectivity index (χ3n) is 4.80. The molecule has 8 heteroatoms. The van der Waals surface area contributed by atoms with Crippen LogP contribution in [0.4, 0.5) is 11.6 Å². The highest BCUT2D eigenvalue weighted by Gasteiger charge is 2.22. The van der Waals surface area contributed by atoms with Crippen molar-refractivity contribution in [2.24, 2.45) is 4.99 Å². The topological polar surface area (TPSA) is 86.7 Å². The number of nitrogens with one attached hydrogen (secondary N) is 3. The van der Waals surface area contributed by atoms with Crippen LogP contribution in [0.25, 0.3) is 11.4 Å². The van der Waals surface area contributed by atoms with Gasteiger partial charge >= 0.3 is 0 Å². The maximum atomic E-state index is 5.51. The SMILES string of the molecule is CC1=NC(Nc2nc(-c3ccccc3C)nc(N3CCOCC3)c2C)NN1. The first-order valence-electron chi connectivity index (χ1n) is 9.21. The number of aromatic nitrogens is 2. The zero-order valence-corrected chi connectivity index (χ0v) is 15.9. The van der Waals surface area contributed by atoms with Crippen LogP contribution in [0.3, 0.4) is 0 Å². The molecule has 2 aromatic rings. The van der Waals surface area contributed by atoms with E-state index in [1.165, 1.54) is 0 Å². The summed E-state index contributed by atoms with van der Waals surface area (Å²) in [5.74, 6) is 3.28. The van der Waals surface area contributed by atoms with Crippen molar-refractivity contribution in [2.45, 2.75) is 27.1 Å². The van der Waals surface area contributed by atoms with Crippen molar-refractivity contribution in [1.82, 2.24) is 20.8 Å². The normalized spacial score (nSPS) is 19.6. The van der Waals surface area contributed by atoms with Crippen LogP contribution in [0.2, 0.25) is 0 Å². The molecule has 1 unspecified atom stereocenters. The molecule has 4 rings (SSSR count). The number of benzene rings is 1. The molecule has 0 amide bonds. The minimum atomic E-state index is -0.263. The second-order valence-electron chi connectivity index (χ2n) is 6.79. The molecule has 142 valence electrons. The summed E-state index contributed by atoms with van der Waals surface area (Å²) in [6.45, 7) is 9.12. The highest BCUT2D eigenvalue weighted by molar-refractivity contribution is 5.80. The molecule has 1 aromatic carbocycles. The van der Waals surface area contributed by atoms with Crippen molar-refractivity contribution in [3.8, 4) is 11.4 Å². The third-order valence-corrected chi connectivity index (χ3v) is 4.80. The van der Waals surface area contributed by atoms with Gasteiger partial charge in [-0.1, -0.05) is 24.3 Å². The van der Waals surface area contributed by atoms with Crippen molar-refractivity contribution in [2.75, 3.05) is 36.5 Å². The van der Waals surface area contributed by atoms with Crippen LogP contribution in [0.1, 0.15) is 18.1 Å². The molecule has 2 aliphatic heterocycles. The molecular formula is C19H25N7O. The molecule has 1 atom stereocenters. The van der Waals surface area contributed by atoms with Crippen molar-refractivity contribution in [3.63, 3.8) is 0 Å². The molecule has 1 aromatic heterocycles. The number of nitrogens with zero attached hydrogens (tertiary/aromatic N) is 4. The lowest BCUT2D eigenvalue weighted by atomic mass is 10.1. The summed E-state index contributed by atoms with van der Waals surface area (Å²) in [7, 11) is 0. The van der Waals surface area contributed by atoms with Crippen LogP contribution in [0.5, 0.6) is 0 Å². The molecule has 8 nitrogen and oxygen atoms in total. The van der Waals surface area contributed by atoms with E-state index in [0.29, 0.717) is 19.0 Å². The Bertz CT molecular complexity index is 861. The van der Waals surface area contributed by atoms with Gasteiger partial charge in [0.2, 0.25) is 0 Å². The van der Waals surface area contributed by atoms with Crippen molar-refractivity contribution < 1.29 is 4.74 Å². The first kappa shape index (κ1) is 17.7. The Kier molecular flexibility index (Phi) is 4.91. The van der Waals surface area contributed by atoms with E-state index in [9.17, 15) is 0 Å². The fourth-order valence-electron chi connectivity index (χ4n) is 3.30. The first-order chi connectivity index (χ1) is 13.1. The summed E-state index contributed by atoms with van der Waals surface area (Å²) in [6, 6.07) is 8.19. The molecular weight excluding hydrogens is 342 g/mol. The average Bonchev–Trinajstić information content (AvgIpc) is 3.09. The van der Waals surface area contributed by atoms with Crippen LogP contribution >= 0.6 is 0 Å². The molecule has 3 heterocycles. The number of amidine groups is 1. The van der Waals surface area contributed by atoms with Gasteiger partial charge in [-0.3, -0.25) is 0 Å². The number of aliphatic imine (C=N–C) groups is 1. The summed E-state index contributed by atoms with van der Waals surface area (Å²) in [5, 5.41) is 3.38. The van der Waals surface area contributed by atoms with Crippen LogP contribution in [-0.4, -0.2) is 48.4 Å². The van der Waals surface area contributed by atoms with Crippen molar-refractivity contribution in [3.05, 3.63) is 35.4 Å². The number of rotatable bonds is 4. The Morgan fingerprint density at radius 2 is 1.89 bits per heavy atom. The molecule has 1 fully saturated rings. The van der Waals surface area contributed by atoms with Gasteiger partial charge in [0.1, 0.15) is 17.5 Å². The van der Waals surface area contributed by atoms with Crippen molar-refractivity contribution in [1.29, 1.82) is 0 Å². The van der Waals surface area contributed by atoms with E-state index in [4.69, 9.17) is 14.7 Å². The molecule has 0 aliphatic carbocycles.